The van der Waals surface area contributed by atoms with Crippen molar-refractivity contribution in [3.63, 3.8) is 0 Å². The monoisotopic (exact) mass is 266 g/mol. The van der Waals surface area contributed by atoms with Gasteiger partial charge in [0.1, 0.15) is 5.75 Å². The number of carboxylic acids is 1. The topological polar surface area (TPSA) is 46.5 Å². The summed E-state index contributed by atoms with van der Waals surface area (Å²) in [6.45, 7) is 0.607. The third kappa shape index (κ3) is 2.30. The number of fused-ring (bicyclic) bond motifs is 1. The van der Waals surface area contributed by atoms with Crippen LogP contribution in [0.1, 0.15) is 27.9 Å². The third-order valence-corrected chi connectivity index (χ3v) is 3.33. The third-order valence-electron chi connectivity index (χ3n) is 3.33. The summed E-state index contributed by atoms with van der Waals surface area (Å²) in [4.78, 5) is 11.2. The highest BCUT2D eigenvalue weighted by atomic mass is 16.5. The van der Waals surface area contributed by atoms with Gasteiger partial charge in [-0.2, -0.15) is 0 Å². The first-order valence-corrected chi connectivity index (χ1v) is 6.52. The molecule has 100 valence electrons. The van der Waals surface area contributed by atoms with Crippen molar-refractivity contribution in [1.82, 2.24) is 0 Å². The largest absolute Gasteiger partial charge is 0.493 e. The summed E-state index contributed by atoms with van der Waals surface area (Å²) in [5.74, 6) is -0.188. The average Bonchev–Trinajstić information content (AvgIpc) is 2.69. The zero-order valence-corrected chi connectivity index (χ0v) is 10.9. The number of carbonyl (C=O) groups is 1. The first-order valence-electron chi connectivity index (χ1n) is 6.52. The van der Waals surface area contributed by atoms with E-state index in [1.807, 2.05) is 30.3 Å². The highest BCUT2D eigenvalue weighted by Gasteiger charge is 2.16. The average molecular weight is 266 g/mol. The SMILES string of the molecule is O=C(O)c1ccc2c(c1)C(c1ccccc1)=CCCO2. The lowest BCUT2D eigenvalue weighted by Gasteiger charge is -2.12. The van der Waals surface area contributed by atoms with E-state index in [-0.39, 0.29) is 5.56 Å². The van der Waals surface area contributed by atoms with Crippen LogP contribution in [0, 0.1) is 0 Å². The van der Waals surface area contributed by atoms with Gasteiger partial charge in [-0.15, -0.1) is 0 Å². The second-order valence-electron chi connectivity index (χ2n) is 4.64. The Hall–Kier alpha value is -2.55. The normalized spacial score (nSPS) is 13.7. The Labute approximate surface area is 117 Å². The van der Waals surface area contributed by atoms with E-state index in [4.69, 9.17) is 9.84 Å². The summed E-state index contributed by atoms with van der Waals surface area (Å²) in [5.41, 5.74) is 3.22. The molecule has 0 fully saturated rings. The van der Waals surface area contributed by atoms with Crippen LogP contribution >= 0.6 is 0 Å². The second-order valence-corrected chi connectivity index (χ2v) is 4.64. The molecule has 0 aromatic heterocycles. The molecule has 1 N–H and O–H groups in total. The fraction of sp³-hybridized carbons (Fsp3) is 0.118. The predicted octanol–water partition coefficient (Wildman–Crippen LogP) is 3.60. The first kappa shape index (κ1) is 12.5. The van der Waals surface area contributed by atoms with E-state index in [2.05, 4.69) is 6.08 Å². The molecule has 0 saturated carbocycles. The minimum absolute atomic E-state index is 0.274. The van der Waals surface area contributed by atoms with E-state index in [0.29, 0.717) is 6.61 Å². The minimum atomic E-state index is -0.926. The standard InChI is InChI=1S/C17H14O3/c18-17(19)13-8-9-16-15(11-13)14(7-4-10-20-16)12-5-2-1-3-6-12/h1-3,5-9,11H,4,10H2,(H,18,19). The number of ether oxygens (including phenoxy) is 1. The molecule has 2 aromatic rings. The summed E-state index contributed by atoms with van der Waals surface area (Å²) in [6, 6.07) is 15.0. The van der Waals surface area contributed by atoms with Gasteiger partial charge in [-0.05, 0) is 29.3 Å². The van der Waals surface area contributed by atoms with Gasteiger partial charge in [0.2, 0.25) is 0 Å². The van der Waals surface area contributed by atoms with Gasteiger partial charge in [0.05, 0.1) is 12.2 Å². The maximum Gasteiger partial charge on any atom is 0.335 e. The van der Waals surface area contributed by atoms with Crippen LogP contribution < -0.4 is 4.74 Å². The van der Waals surface area contributed by atoms with E-state index in [9.17, 15) is 4.79 Å². The van der Waals surface area contributed by atoms with Gasteiger partial charge in [0.15, 0.2) is 0 Å². The summed E-state index contributed by atoms with van der Waals surface area (Å²) >= 11 is 0. The van der Waals surface area contributed by atoms with Crippen molar-refractivity contribution in [2.45, 2.75) is 6.42 Å². The fourth-order valence-corrected chi connectivity index (χ4v) is 2.37. The molecule has 0 atom stereocenters. The zero-order chi connectivity index (χ0) is 13.9. The van der Waals surface area contributed by atoms with Gasteiger partial charge in [-0.1, -0.05) is 36.4 Å². The van der Waals surface area contributed by atoms with Gasteiger partial charge in [0, 0.05) is 12.0 Å². The van der Waals surface area contributed by atoms with Crippen LogP contribution in [-0.2, 0) is 0 Å². The number of benzene rings is 2. The van der Waals surface area contributed by atoms with Gasteiger partial charge in [0.25, 0.3) is 0 Å². The highest BCUT2D eigenvalue weighted by molar-refractivity contribution is 5.91. The number of rotatable bonds is 2. The molecule has 1 aliphatic rings. The Balaban J connectivity index is 2.16. The Bertz CT molecular complexity index is 672. The van der Waals surface area contributed by atoms with E-state index in [0.717, 1.165) is 28.9 Å². The molecule has 0 radical (unpaired) electrons. The van der Waals surface area contributed by atoms with Gasteiger partial charge >= 0.3 is 5.97 Å². The molecule has 20 heavy (non-hydrogen) atoms. The molecule has 0 saturated heterocycles. The van der Waals surface area contributed by atoms with E-state index in [1.165, 1.54) is 0 Å². The lowest BCUT2D eigenvalue weighted by molar-refractivity contribution is 0.0697. The number of carboxylic acid groups (broad SMARTS) is 1. The van der Waals surface area contributed by atoms with Crippen molar-refractivity contribution in [3.8, 4) is 5.75 Å². The molecule has 3 heteroatoms. The summed E-state index contributed by atoms with van der Waals surface area (Å²) in [6.07, 6.45) is 2.91. The molecular weight excluding hydrogens is 252 g/mol. The quantitative estimate of drug-likeness (QED) is 0.903. The Morgan fingerprint density at radius 2 is 1.90 bits per heavy atom. The van der Waals surface area contributed by atoms with Crippen molar-refractivity contribution in [2.75, 3.05) is 6.61 Å². The number of hydrogen-bond donors (Lipinski definition) is 1. The molecule has 0 spiro atoms. The smallest absolute Gasteiger partial charge is 0.335 e. The van der Waals surface area contributed by atoms with Crippen molar-refractivity contribution in [1.29, 1.82) is 0 Å². The van der Waals surface area contributed by atoms with Crippen molar-refractivity contribution < 1.29 is 14.6 Å². The summed E-state index contributed by atoms with van der Waals surface area (Å²) in [5, 5.41) is 9.15. The van der Waals surface area contributed by atoms with Crippen LogP contribution in [-0.4, -0.2) is 17.7 Å². The Morgan fingerprint density at radius 1 is 1.10 bits per heavy atom. The number of aromatic carboxylic acids is 1. The van der Waals surface area contributed by atoms with E-state index >= 15 is 0 Å². The molecule has 0 unspecified atom stereocenters. The highest BCUT2D eigenvalue weighted by Crippen LogP contribution is 2.34. The first-order chi connectivity index (χ1) is 9.75. The zero-order valence-electron chi connectivity index (χ0n) is 10.9. The van der Waals surface area contributed by atoms with Crippen LogP contribution in [0.2, 0.25) is 0 Å². The Morgan fingerprint density at radius 3 is 2.65 bits per heavy atom. The maximum absolute atomic E-state index is 11.2. The Kier molecular flexibility index (Phi) is 3.25. The molecule has 0 aliphatic carbocycles. The van der Waals surface area contributed by atoms with Crippen LogP contribution in [0.25, 0.3) is 5.57 Å². The van der Waals surface area contributed by atoms with E-state index in [1.54, 1.807) is 18.2 Å². The minimum Gasteiger partial charge on any atom is -0.493 e. The van der Waals surface area contributed by atoms with Gasteiger partial charge in [-0.3, -0.25) is 0 Å². The fourth-order valence-electron chi connectivity index (χ4n) is 2.37. The molecule has 1 heterocycles. The molecule has 3 rings (SSSR count). The van der Waals surface area contributed by atoms with Crippen LogP contribution in [0.4, 0.5) is 0 Å². The summed E-state index contributed by atoms with van der Waals surface area (Å²) < 4.78 is 5.69. The van der Waals surface area contributed by atoms with Gasteiger partial charge in [-0.25, -0.2) is 4.79 Å². The predicted molar refractivity (Wildman–Crippen MR) is 77.0 cm³/mol. The van der Waals surface area contributed by atoms with Crippen molar-refractivity contribution in [3.05, 3.63) is 71.3 Å². The second kappa shape index (κ2) is 5.21. The van der Waals surface area contributed by atoms with Crippen molar-refractivity contribution >= 4 is 11.5 Å². The molecule has 0 bridgehead atoms. The molecule has 3 nitrogen and oxygen atoms in total. The lowest BCUT2D eigenvalue weighted by Crippen LogP contribution is -2.00. The van der Waals surface area contributed by atoms with Gasteiger partial charge < -0.3 is 9.84 Å². The van der Waals surface area contributed by atoms with Crippen LogP contribution in [0.15, 0.2) is 54.6 Å². The maximum atomic E-state index is 11.2. The number of hydrogen-bond acceptors (Lipinski definition) is 2. The molecular formula is C17H14O3. The van der Waals surface area contributed by atoms with Crippen LogP contribution in [0.3, 0.4) is 0 Å². The van der Waals surface area contributed by atoms with Crippen LogP contribution in [0.5, 0.6) is 5.75 Å². The van der Waals surface area contributed by atoms with Crippen molar-refractivity contribution in [2.24, 2.45) is 0 Å². The molecule has 1 aliphatic heterocycles. The van der Waals surface area contributed by atoms with E-state index < -0.39 is 5.97 Å². The molecule has 2 aromatic carbocycles. The molecule has 0 amide bonds. The lowest BCUT2D eigenvalue weighted by atomic mass is 9.95. The summed E-state index contributed by atoms with van der Waals surface area (Å²) in [7, 11) is 0.